The number of nitrogens with zero attached hydrogens (tertiary/aromatic N) is 5. The summed E-state index contributed by atoms with van der Waals surface area (Å²) in [7, 11) is 0. The first kappa shape index (κ1) is 22.3. The van der Waals surface area contributed by atoms with Crippen molar-refractivity contribution in [3.8, 4) is 33.1 Å². The van der Waals surface area contributed by atoms with Crippen LogP contribution in [0.4, 0.5) is 0 Å². The van der Waals surface area contributed by atoms with Crippen LogP contribution < -0.4 is 0 Å². The number of aryl methyl sites for hydroxylation is 1. The second-order valence-electron chi connectivity index (χ2n) is 9.85. The molecule has 0 bridgehead atoms. The van der Waals surface area contributed by atoms with Crippen molar-refractivity contribution in [2.24, 2.45) is 0 Å². The number of piperidine rings is 1. The highest BCUT2D eigenvalue weighted by Crippen LogP contribution is 2.36. The van der Waals surface area contributed by atoms with Crippen LogP contribution in [-0.4, -0.2) is 48.1 Å². The molecule has 7 nitrogen and oxygen atoms in total. The topological polar surface area (TPSA) is 86.4 Å². The molecular weight excluding hydrogens is 478 g/mol. The number of H-pyrrole nitrogens is 2. The molecular formula is C29H27N7S. The van der Waals surface area contributed by atoms with E-state index in [1.165, 1.54) is 47.7 Å². The summed E-state index contributed by atoms with van der Waals surface area (Å²) in [5, 5.41) is 9.99. The zero-order chi connectivity index (χ0) is 24.8. The minimum Gasteiger partial charge on any atom is -0.352 e. The molecule has 0 unspecified atom stereocenters. The quantitative estimate of drug-likeness (QED) is 0.276. The van der Waals surface area contributed by atoms with Crippen LogP contribution >= 0.6 is 11.3 Å². The molecule has 6 aromatic heterocycles. The van der Waals surface area contributed by atoms with E-state index in [1.54, 1.807) is 11.3 Å². The van der Waals surface area contributed by atoms with Gasteiger partial charge in [0.05, 0.1) is 34.8 Å². The van der Waals surface area contributed by atoms with Gasteiger partial charge in [-0.05, 0) is 68.8 Å². The van der Waals surface area contributed by atoms with Gasteiger partial charge < -0.3 is 4.98 Å². The molecule has 6 aromatic rings. The summed E-state index contributed by atoms with van der Waals surface area (Å²) in [4.78, 5) is 22.3. The van der Waals surface area contributed by atoms with Gasteiger partial charge in [-0.25, -0.2) is 0 Å². The lowest BCUT2D eigenvalue weighted by Crippen LogP contribution is -2.29. The number of hydrogen-bond donors (Lipinski definition) is 2. The SMILES string of the molecule is Cc1ccc(-c2cncc3[nH]c(-c4n[nH]c5cnc(-c6cncc(CN7CCCCC7)c6)cc45)cc23)s1. The van der Waals surface area contributed by atoms with Crippen molar-refractivity contribution >= 4 is 33.1 Å². The Hall–Kier alpha value is -3.88. The van der Waals surface area contributed by atoms with Crippen LogP contribution in [0.1, 0.15) is 29.7 Å². The number of fused-ring (bicyclic) bond motifs is 2. The van der Waals surface area contributed by atoms with Crippen LogP contribution in [0, 0.1) is 6.92 Å². The Kier molecular flexibility index (Phi) is 5.56. The van der Waals surface area contributed by atoms with E-state index in [0.29, 0.717) is 0 Å². The molecule has 1 fully saturated rings. The van der Waals surface area contributed by atoms with E-state index in [0.717, 1.165) is 56.6 Å². The minimum atomic E-state index is 0.876. The Morgan fingerprint density at radius 2 is 1.78 bits per heavy atom. The monoisotopic (exact) mass is 505 g/mol. The zero-order valence-electron chi connectivity index (χ0n) is 20.7. The van der Waals surface area contributed by atoms with Gasteiger partial charge >= 0.3 is 0 Å². The molecule has 7 rings (SSSR count). The third-order valence-corrected chi connectivity index (χ3v) is 8.23. The van der Waals surface area contributed by atoms with Gasteiger partial charge in [0.25, 0.3) is 0 Å². The first-order valence-corrected chi connectivity index (χ1v) is 13.6. The fourth-order valence-electron chi connectivity index (χ4n) is 5.32. The van der Waals surface area contributed by atoms with Crippen molar-refractivity contribution < 1.29 is 0 Å². The summed E-state index contributed by atoms with van der Waals surface area (Å²) in [6, 6.07) is 10.8. The number of aromatic amines is 2. The van der Waals surface area contributed by atoms with Crippen LogP contribution in [0.15, 0.2) is 61.3 Å². The smallest absolute Gasteiger partial charge is 0.116 e. The Labute approximate surface area is 218 Å². The predicted molar refractivity (Wildman–Crippen MR) is 149 cm³/mol. The standard InChI is InChI=1S/C29H27N7S/c1-18-5-6-28(37-18)23-14-31-15-26-21(23)10-25(33-26)29-22-11-24(32-16-27(22)34-35-29)20-9-19(12-30-13-20)17-36-7-3-2-4-8-36/h5-6,9-16,33H,2-4,7-8,17H2,1H3,(H,34,35). The number of hydrogen-bond acceptors (Lipinski definition) is 6. The number of nitrogens with one attached hydrogen (secondary N) is 2. The van der Waals surface area contributed by atoms with Gasteiger partial charge in [-0.15, -0.1) is 11.3 Å². The van der Waals surface area contributed by atoms with Crippen LogP contribution in [0.25, 0.3) is 54.9 Å². The normalized spacial score (nSPS) is 14.6. The molecule has 7 heterocycles. The summed E-state index contributed by atoms with van der Waals surface area (Å²) in [5.41, 5.74) is 8.03. The molecule has 1 saturated heterocycles. The number of aromatic nitrogens is 6. The Morgan fingerprint density at radius 1 is 0.892 bits per heavy atom. The average molecular weight is 506 g/mol. The van der Waals surface area contributed by atoms with Crippen molar-refractivity contribution in [3.63, 3.8) is 0 Å². The van der Waals surface area contributed by atoms with Gasteiger partial charge in [0.2, 0.25) is 0 Å². The van der Waals surface area contributed by atoms with Crippen LogP contribution in [0.3, 0.4) is 0 Å². The van der Waals surface area contributed by atoms with Crippen molar-refractivity contribution in [2.75, 3.05) is 13.1 Å². The third-order valence-electron chi connectivity index (χ3n) is 7.20. The Morgan fingerprint density at radius 3 is 2.65 bits per heavy atom. The highest BCUT2D eigenvalue weighted by Gasteiger charge is 2.16. The van der Waals surface area contributed by atoms with Gasteiger partial charge in [-0.1, -0.05) is 6.42 Å². The largest absolute Gasteiger partial charge is 0.352 e. The maximum atomic E-state index is 4.73. The van der Waals surface area contributed by atoms with Crippen molar-refractivity contribution in [1.29, 1.82) is 0 Å². The molecule has 0 aliphatic carbocycles. The average Bonchev–Trinajstić information content (AvgIpc) is 3.66. The highest BCUT2D eigenvalue weighted by atomic mass is 32.1. The lowest BCUT2D eigenvalue weighted by molar-refractivity contribution is 0.220. The van der Waals surface area contributed by atoms with Crippen LogP contribution in [-0.2, 0) is 6.54 Å². The van der Waals surface area contributed by atoms with E-state index in [2.05, 4.69) is 67.3 Å². The first-order valence-electron chi connectivity index (χ1n) is 12.8. The fourth-order valence-corrected chi connectivity index (χ4v) is 6.22. The Balaban J connectivity index is 1.26. The van der Waals surface area contributed by atoms with Gasteiger partial charge in [0.15, 0.2) is 0 Å². The highest BCUT2D eigenvalue weighted by molar-refractivity contribution is 7.15. The molecule has 1 aliphatic heterocycles. The maximum absolute atomic E-state index is 4.73. The molecule has 2 N–H and O–H groups in total. The molecule has 184 valence electrons. The second-order valence-corrected chi connectivity index (χ2v) is 11.1. The summed E-state index contributed by atoms with van der Waals surface area (Å²) in [5.74, 6) is 0. The van der Waals surface area contributed by atoms with Gasteiger partial charge in [0.1, 0.15) is 5.69 Å². The molecule has 8 heteroatoms. The molecule has 0 aromatic carbocycles. The van der Waals surface area contributed by atoms with Gasteiger partial charge in [-0.3, -0.25) is 25.0 Å². The van der Waals surface area contributed by atoms with Crippen molar-refractivity contribution in [2.45, 2.75) is 32.7 Å². The van der Waals surface area contributed by atoms with Crippen molar-refractivity contribution in [3.05, 3.63) is 71.8 Å². The van der Waals surface area contributed by atoms with E-state index in [1.807, 2.05) is 31.0 Å². The number of likely N-dealkylation sites (tertiary alicyclic amines) is 1. The third kappa shape index (κ3) is 4.22. The predicted octanol–water partition coefficient (Wildman–Crippen LogP) is 6.59. The summed E-state index contributed by atoms with van der Waals surface area (Å²) in [6.07, 6.45) is 13.5. The summed E-state index contributed by atoms with van der Waals surface area (Å²) in [6.45, 7) is 5.40. The maximum Gasteiger partial charge on any atom is 0.116 e. The van der Waals surface area contributed by atoms with E-state index in [9.17, 15) is 0 Å². The number of thiophene rings is 1. The second kappa shape index (κ2) is 9.21. The van der Waals surface area contributed by atoms with E-state index >= 15 is 0 Å². The molecule has 1 aliphatic rings. The Bertz CT molecular complexity index is 1720. The van der Waals surface area contributed by atoms with Gasteiger partial charge in [0, 0.05) is 56.8 Å². The number of rotatable bonds is 5. The summed E-state index contributed by atoms with van der Waals surface area (Å²) >= 11 is 1.78. The van der Waals surface area contributed by atoms with Crippen molar-refractivity contribution in [1.82, 2.24) is 35.0 Å². The van der Waals surface area contributed by atoms with E-state index in [4.69, 9.17) is 4.98 Å². The summed E-state index contributed by atoms with van der Waals surface area (Å²) < 4.78 is 0. The van der Waals surface area contributed by atoms with Gasteiger partial charge in [-0.2, -0.15) is 5.10 Å². The lowest BCUT2D eigenvalue weighted by Gasteiger charge is -2.26. The molecule has 0 spiro atoms. The van der Waals surface area contributed by atoms with E-state index in [-0.39, 0.29) is 0 Å². The lowest BCUT2D eigenvalue weighted by atomic mass is 10.1. The molecule has 0 amide bonds. The molecule has 37 heavy (non-hydrogen) atoms. The zero-order valence-corrected chi connectivity index (χ0v) is 21.5. The van der Waals surface area contributed by atoms with Crippen LogP contribution in [0.2, 0.25) is 0 Å². The molecule has 0 saturated carbocycles. The fraction of sp³-hybridized carbons (Fsp3) is 0.241. The van der Waals surface area contributed by atoms with E-state index < -0.39 is 0 Å². The molecule has 0 atom stereocenters. The number of pyridine rings is 3. The molecule has 0 radical (unpaired) electrons. The van der Waals surface area contributed by atoms with Crippen LogP contribution in [0.5, 0.6) is 0 Å². The first-order chi connectivity index (χ1) is 18.2. The minimum absolute atomic E-state index is 0.876.